The minimum atomic E-state index is -0.135. The minimum absolute atomic E-state index is 0.104. The molecule has 0 amide bonds. The molecule has 3 heterocycles. The van der Waals surface area contributed by atoms with Gasteiger partial charge < -0.3 is 9.47 Å². The summed E-state index contributed by atoms with van der Waals surface area (Å²) in [6.45, 7) is 27.1. The zero-order valence-corrected chi connectivity index (χ0v) is 34.9. The Hall–Kier alpha value is -4.50. The quantitative estimate of drug-likeness (QED) is 0.153. The molecular formula is C52H55BN2. The number of aryl methyl sites for hydroxylation is 1. The summed E-state index contributed by atoms with van der Waals surface area (Å²) in [6.07, 6.45) is 4.83. The van der Waals surface area contributed by atoms with Crippen molar-refractivity contribution in [1.82, 2.24) is 4.57 Å². The summed E-state index contributed by atoms with van der Waals surface area (Å²) in [5.74, 6) is 0. The molecule has 0 N–H and O–H groups in total. The summed E-state index contributed by atoms with van der Waals surface area (Å²) in [4.78, 5) is 2.70. The molecule has 5 aromatic carbocycles. The maximum atomic E-state index is 2.72. The van der Waals surface area contributed by atoms with Gasteiger partial charge in [-0.1, -0.05) is 124 Å². The predicted molar refractivity (Wildman–Crippen MR) is 235 cm³/mol. The van der Waals surface area contributed by atoms with Crippen LogP contribution in [0, 0.1) is 6.92 Å². The molecule has 3 aliphatic carbocycles. The van der Waals surface area contributed by atoms with Gasteiger partial charge in [-0.2, -0.15) is 0 Å². The number of fused-ring (bicyclic) bond motifs is 11. The summed E-state index contributed by atoms with van der Waals surface area (Å²) in [7, 11) is 0. The molecule has 6 aromatic rings. The Balaban J connectivity index is 1.29. The van der Waals surface area contributed by atoms with Gasteiger partial charge in [0.1, 0.15) is 0 Å². The van der Waals surface area contributed by atoms with Gasteiger partial charge in [-0.05, 0) is 140 Å². The van der Waals surface area contributed by atoms with Crippen LogP contribution in [-0.4, -0.2) is 11.3 Å². The lowest BCUT2D eigenvalue weighted by molar-refractivity contribution is 0.332. The summed E-state index contributed by atoms with van der Waals surface area (Å²) in [5.41, 5.74) is 24.6. The molecule has 3 heteroatoms. The lowest BCUT2D eigenvalue weighted by Gasteiger charge is -2.47. The lowest BCUT2D eigenvalue weighted by atomic mass is 9.33. The fourth-order valence-corrected chi connectivity index (χ4v) is 12.1. The van der Waals surface area contributed by atoms with Crippen molar-refractivity contribution in [2.45, 2.75) is 129 Å². The van der Waals surface area contributed by atoms with E-state index in [0.29, 0.717) is 0 Å². The maximum Gasteiger partial charge on any atom is 0.252 e. The van der Waals surface area contributed by atoms with Gasteiger partial charge in [0, 0.05) is 50.3 Å². The second-order valence-corrected chi connectivity index (χ2v) is 21.2. The van der Waals surface area contributed by atoms with E-state index in [1.165, 1.54) is 120 Å². The molecule has 0 radical (unpaired) electrons. The zero-order chi connectivity index (χ0) is 38.4. The molecule has 0 spiro atoms. The number of aromatic nitrogens is 1. The third-order valence-corrected chi connectivity index (χ3v) is 15.5. The van der Waals surface area contributed by atoms with E-state index in [-0.39, 0.29) is 33.8 Å². The minimum Gasteiger partial charge on any atom is -0.313 e. The first-order valence-electron chi connectivity index (χ1n) is 21.0. The highest BCUT2D eigenvalue weighted by Crippen LogP contribution is 2.56. The van der Waals surface area contributed by atoms with E-state index < -0.39 is 0 Å². The van der Waals surface area contributed by atoms with E-state index in [9.17, 15) is 0 Å². The molecule has 0 saturated carbocycles. The van der Waals surface area contributed by atoms with Gasteiger partial charge in [0.2, 0.25) is 0 Å². The van der Waals surface area contributed by atoms with E-state index in [1.54, 1.807) is 5.56 Å². The standard InChI is InChI=1S/C52H55BN2/c1-30-25-42-45-43(26-30)55-46-33(44-32-15-12-13-17-34(32)52(10,11)47(44)55)16-14-18-39(46)53(45)40-28-37-38(51(8,9)24-23-50(37,6)7)29-41(40)54(42)31-19-20-35-36(27-31)49(4,5)22-21-48(35,2)3/h12-20,25-29H,21-24H2,1-11H3. The van der Waals surface area contributed by atoms with Crippen LogP contribution in [0.4, 0.5) is 17.1 Å². The molecule has 11 rings (SSSR count). The number of benzene rings is 5. The molecule has 2 aliphatic heterocycles. The first-order valence-corrected chi connectivity index (χ1v) is 21.0. The van der Waals surface area contributed by atoms with Crippen LogP contribution < -0.4 is 21.3 Å². The molecule has 0 bridgehead atoms. The van der Waals surface area contributed by atoms with Crippen LogP contribution in [0.5, 0.6) is 0 Å². The monoisotopic (exact) mass is 718 g/mol. The van der Waals surface area contributed by atoms with Crippen LogP contribution in [-0.2, 0) is 27.1 Å². The van der Waals surface area contributed by atoms with E-state index in [1.807, 2.05) is 0 Å². The number of hydrogen-bond donors (Lipinski definition) is 0. The number of anilines is 3. The normalized spacial score (nSPS) is 20.6. The van der Waals surface area contributed by atoms with Crippen molar-refractivity contribution < 1.29 is 0 Å². The van der Waals surface area contributed by atoms with E-state index >= 15 is 0 Å². The zero-order valence-electron chi connectivity index (χ0n) is 34.9. The molecule has 5 aliphatic rings. The van der Waals surface area contributed by atoms with Gasteiger partial charge in [-0.3, -0.25) is 0 Å². The summed E-state index contributed by atoms with van der Waals surface area (Å²) >= 11 is 0. The average Bonchev–Trinajstić information content (AvgIpc) is 3.61. The maximum absolute atomic E-state index is 2.72. The fraction of sp³-hybridized carbons (Fsp3) is 0.385. The number of rotatable bonds is 1. The van der Waals surface area contributed by atoms with Crippen LogP contribution in [0.15, 0.2) is 84.9 Å². The van der Waals surface area contributed by atoms with E-state index in [4.69, 9.17) is 0 Å². The Kier molecular flexibility index (Phi) is 6.31. The highest BCUT2D eigenvalue weighted by molar-refractivity contribution is 7.00. The molecule has 2 nitrogen and oxygen atoms in total. The number of hydrogen-bond acceptors (Lipinski definition) is 1. The SMILES string of the molecule is Cc1cc2c3c(c1)-n1c4c(c5cccc(c51)B3c1cc3c(cc1N2c1ccc2c(c1)C(C)(C)CCC2(C)C)C(C)(C)CCC3(C)C)-c1ccccc1C4(C)C. The first kappa shape index (κ1) is 33.8. The Morgan fingerprint density at radius 3 is 1.85 bits per heavy atom. The molecule has 0 atom stereocenters. The van der Waals surface area contributed by atoms with Crippen molar-refractivity contribution in [1.29, 1.82) is 0 Å². The molecule has 55 heavy (non-hydrogen) atoms. The third-order valence-electron chi connectivity index (χ3n) is 15.5. The molecule has 1 aromatic heterocycles. The van der Waals surface area contributed by atoms with Crippen molar-refractivity contribution in [3.8, 4) is 16.8 Å². The van der Waals surface area contributed by atoms with Gasteiger partial charge in [-0.25, -0.2) is 0 Å². The Bertz CT molecular complexity index is 2710. The van der Waals surface area contributed by atoms with Crippen molar-refractivity contribution in [2.75, 3.05) is 4.90 Å². The Morgan fingerprint density at radius 2 is 1.15 bits per heavy atom. The van der Waals surface area contributed by atoms with Gasteiger partial charge >= 0.3 is 0 Å². The average molecular weight is 719 g/mol. The molecular weight excluding hydrogens is 663 g/mol. The van der Waals surface area contributed by atoms with Crippen LogP contribution >= 0.6 is 0 Å². The van der Waals surface area contributed by atoms with Crippen molar-refractivity contribution in [3.63, 3.8) is 0 Å². The van der Waals surface area contributed by atoms with Crippen molar-refractivity contribution in [2.24, 2.45) is 0 Å². The van der Waals surface area contributed by atoms with Crippen LogP contribution in [0.1, 0.15) is 134 Å². The Morgan fingerprint density at radius 1 is 0.527 bits per heavy atom. The second kappa shape index (κ2) is 10.3. The van der Waals surface area contributed by atoms with Gasteiger partial charge in [0.15, 0.2) is 0 Å². The number of para-hydroxylation sites is 1. The van der Waals surface area contributed by atoms with Crippen LogP contribution in [0.3, 0.4) is 0 Å². The third kappa shape index (κ3) is 4.18. The summed E-state index contributed by atoms with van der Waals surface area (Å²) in [6, 6.07) is 34.3. The molecule has 0 fully saturated rings. The summed E-state index contributed by atoms with van der Waals surface area (Å²) in [5, 5.41) is 1.39. The van der Waals surface area contributed by atoms with Crippen LogP contribution in [0.2, 0.25) is 0 Å². The largest absolute Gasteiger partial charge is 0.313 e. The second-order valence-electron chi connectivity index (χ2n) is 21.2. The van der Waals surface area contributed by atoms with Gasteiger partial charge in [-0.15, -0.1) is 0 Å². The summed E-state index contributed by atoms with van der Waals surface area (Å²) < 4.78 is 2.72. The smallest absolute Gasteiger partial charge is 0.252 e. The van der Waals surface area contributed by atoms with Gasteiger partial charge in [0.05, 0.1) is 0 Å². The van der Waals surface area contributed by atoms with E-state index in [2.05, 4.69) is 171 Å². The molecule has 0 saturated heterocycles. The van der Waals surface area contributed by atoms with Crippen LogP contribution in [0.25, 0.3) is 27.7 Å². The van der Waals surface area contributed by atoms with Gasteiger partial charge in [0.25, 0.3) is 6.71 Å². The first-order chi connectivity index (χ1) is 25.9. The predicted octanol–water partition coefficient (Wildman–Crippen LogP) is 11.6. The topological polar surface area (TPSA) is 8.17 Å². The van der Waals surface area contributed by atoms with Crippen molar-refractivity contribution in [3.05, 3.63) is 124 Å². The molecule has 276 valence electrons. The Labute approximate surface area is 329 Å². The number of nitrogens with zero attached hydrogens (tertiary/aromatic N) is 2. The van der Waals surface area contributed by atoms with Crippen molar-refractivity contribution >= 4 is 51.1 Å². The lowest BCUT2D eigenvalue weighted by Crippen LogP contribution is -2.61. The highest BCUT2D eigenvalue weighted by Gasteiger charge is 2.49. The highest BCUT2D eigenvalue weighted by atomic mass is 15.2. The molecule has 0 unspecified atom stereocenters. The van der Waals surface area contributed by atoms with E-state index in [0.717, 1.165) is 0 Å². The fourth-order valence-electron chi connectivity index (χ4n) is 12.1.